The third-order valence-corrected chi connectivity index (χ3v) is 3.91. The Morgan fingerprint density at radius 2 is 1.60 bits per heavy atom. The predicted octanol–water partition coefficient (Wildman–Crippen LogP) is 5.49. The Bertz CT molecular complexity index is 636. The lowest BCUT2D eigenvalue weighted by Gasteiger charge is -2.12. The molecule has 20 heavy (non-hydrogen) atoms. The first-order valence-corrected chi connectivity index (χ1v) is 7.04. The van der Waals surface area contributed by atoms with Crippen LogP contribution in [0.25, 0.3) is 0 Å². The summed E-state index contributed by atoms with van der Waals surface area (Å²) < 4.78 is 5.72. The molecule has 3 nitrogen and oxygen atoms in total. The number of aryl methyl sites for hydroxylation is 2. The Hall–Kier alpha value is -1.16. The number of pyridine rings is 1. The Morgan fingerprint density at radius 1 is 1.00 bits per heavy atom. The lowest BCUT2D eigenvalue weighted by atomic mass is 10.1. The molecule has 0 aliphatic heterocycles. The van der Waals surface area contributed by atoms with Crippen molar-refractivity contribution in [3.05, 3.63) is 44.4 Å². The van der Waals surface area contributed by atoms with Crippen molar-refractivity contribution in [1.29, 1.82) is 0 Å². The molecule has 2 aromatic rings. The quantitative estimate of drug-likeness (QED) is 0.807. The van der Waals surface area contributed by atoms with E-state index in [1.807, 2.05) is 26.0 Å². The molecule has 0 aliphatic rings. The van der Waals surface area contributed by atoms with Crippen LogP contribution < -0.4 is 10.1 Å². The first-order valence-electron chi connectivity index (χ1n) is 5.90. The van der Waals surface area contributed by atoms with Gasteiger partial charge in [0.1, 0.15) is 16.6 Å². The fourth-order valence-electron chi connectivity index (χ4n) is 1.77. The number of rotatable bonds is 3. The van der Waals surface area contributed by atoms with Crippen molar-refractivity contribution >= 4 is 40.6 Å². The maximum Gasteiger partial charge on any atom is 0.240 e. The van der Waals surface area contributed by atoms with E-state index in [4.69, 9.17) is 39.5 Å². The molecule has 0 saturated heterocycles. The van der Waals surface area contributed by atoms with Gasteiger partial charge in [0.25, 0.3) is 0 Å². The van der Waals surface area contributed by atoms with Gasteiger partial charge in [-0.25, -0.2) is 0 Å². The maximum absolute atomic E-state index is 6.13. The number of ether oxygens (including phenoxy) is 1. The third kappa shape index (κ3) is 3.11. The van der Waals surface area contributed by atoms with Gasteiger partial charge in [-0.2, -0.15) is 4.98 Å². The molecule has 0 unspecified atom stereocenters. The summed E-state index contributed by atoms with van der Waals surface area (Å²) >= 11 is 18.2. The molecule has 0 atom stereocenters. The maximum atomic E-state index is 6.13. The molecule has 1 aromatic heterocycles. The topological polar surface area (TPSA) is 34.2 Å². The number of benzene rings is 1. The molecular weight excluding hydrogens is 319 g/mol. The van der Waals surface area contributed by atoms with E-state index in [1.165, 1.54) is 0 Å². The second-order valence-corrected chi connectivity index (χ2v) is 5.52. The van der Waals surface area contributed by atoms with Crippen LogP contribution in [0.4, 0.5) is 5.82 Å². The van der Waals surface area contributed by atoms with Gasteiger partial charge < -0.3 is 10.1 Å². The molecule has 6 heteroatoms. The molecule has 1 aromatic carbocycles. The summed E-state index contributed by atoms with van der Waals surface area (Å²) in [5.41, 5.74) is 1.86. The van der Waals surface area contributed by atoms with Crippen LogP contribution in [0.2, 0.25) is 15.1 Å². The van der Waals surface area contributed by atoms with Crippen LogP contribution in [0.5, 0.6) is 11.6 Å². The SMILES string of the molecule is CNc1nc(Oc2cc(C)c(Cl)c(C)c2)c(Cl)cc1Cl. The molecule has 0 spiro atoms. The van der Waals surface area contributed by atoms with Crippen LogP contribution in [0, 0.1) is 13.8 Å². The molecule has 2 rings (SSSR count). The summed E-state index contributed by atoms with van der Waals surface area (Å²) in [6.45, 7) is 3.83. The molecule has 0 aliphatic carbocycles. The normalized spacial score (nSPS) is 10.5. The van der Waals surface area contributed by atoms with Crippen LogP contribution in [0.1, 0.15) is 11.1 Å². The van der Waals surface area contributed by atoms with Crippen LogP contribution in [-0.2, 0) is 0 Å². The number of hydrogen-bond acceptors (Lipinski definition) is 3. The van der Waals surface area contributed by atoms with E-state index in [9.17, 15) is 0 Å². The summed E-state index contributed by atoms with van der Waals surface area (Å²) in [6, 6.07) is 5.26. The van der Waals surface area contributed by atoms with Crippen LogP contribution in [-0.4, -0.2) is 12.0 Å². The first kappa shape index (κ1) is 15.2. The number of aromatic nitrogens is 1. The minimum Gasteiger partial charge on any atom is -0.437 e. The Labute approximate surface area is 132 Å². The minimum atomic E-state index is 0.293. The van der Waals surface area contributed by atoms with Crippen LogP contribution in [0.15, 0.2) is 18.2 Å². The molecule has 1 heterocycles. The molecular formula is C14H13Cl3N2O. The van der Waals surface area contributed by atoms with E-state index in [0.29, 0.717) is 27.5 Å². The number of halogens is 3. The van der Waals surface area contributed by atoms with Gasteiger partial charge >= 0.3 is 0 Å². The molecule has 0 amide bonds. The van der Waals surface area contributed by atoms with E-state index >= 15 is 0 Å². The van der Waals surface area contributed by atoms with Crippen molar-refractivity contribution < 1.29 is 4.74 Å². The van der Waals surface area contributed by atoms with Gasteiger partial charge in [-0.3, -0.25) is 0 Å². The highest BCUT2D eigenvalue weighted by atomic mass is 35.5. The first-order chi connectivity index (χ1) is 9.42. The van der Waals surface area contributed by atoms with Crippen LogP contribution in [0.3, 0.4) is 0 Å². The molecule has 0 bridgehead atoms. The van der Waals surface area contributed by atoms with Gasteiger partial charge in [-0.05, 0) is 43.2 Å². The van der Waals surface area contributed by atoms with Crippen LogP contribution >= 0.6 is 34.8 Å². The van der Waals surface area contributed by atoms with Gasteiger partial charge in [0, 0.05) is 12.1 Å². The highest BCUT2D eigenvalue weighted by molar-refractivity contribution is 6.36. The van der Waals surface area contributed by atoms with Crippen molar-refractivity contribution in [2.75, 3.05) is 12.4 Å². The van der Waals surface area contributed by atoms with E-state index in [0.717, 1.165) is 16.1 Å². The zero-order valence-corrected chi connectivity index (χ0v) is 13.5. The van der Waals surface area contributed by atoms with Crippen molar-refractivity contribution in [3.63, 3.8) is 0 Å². The monoisotopic (exact) mass is 330 g/mol. The highest BCUT2D eigenvalue weighted by Gasteiger charge is 2.12. The second-order valence-electron chi connectivity index (χ2n) is 4.33. The fraction of sp³-hybridized carbons (Fsp3) is 0.214. The molecule has 0 fully saturated rings. The lowest BCUT2D eigenvalue weighted by Crippen LogP contribution is -1.97. The molecule has 0 saturated carbocycles. The fourth-order valence-corrected chi connectivity index (χ4v) is 2.37. The smallest absolute Gasteiger partial charge is 0.240 e. The number of nitrogens with one attached hydrogen (secondary N) is 1. The van der Waals surface area contributed by atoms with Gasteiger partial charge in [0.15, 0.2) is 0 Å². The number of nitrogens with zero attached hydrogens (tertiary/aromatic N) is 1. The summed E-state index contributed by atoms with van der Waals surface area (Å²) in [7, 11) is 1.72. The Kier molecular flexibility index (Phi) is 4.63. The Morgan fingerprint density at radius 3 is 2.15 bits per heavy atom. The van der Waals surface area contributed by atoms with Crippen molar-refractivity contribution in [2.45, 2.75) is 13.8 Å². The van der Waals surface area contributed by atoms with Crippen molar-refractivity contribution in [1.82, 2.24) is 4.98 Å². The molecule has 1 N–H and O–H groups in total. The van der Waals surface area contributed by atoms with Crippen molar-refractivity contribution in [2.24, 2.45) is 0 Å². The van der Waals surface area contributed by atoms with Gasteiger partial charge in [0.2, 0.25) is 5.88 Å². The average Bonchev–Trinajstić information content (AvgIpc) is 2.39. The van der Waals surface area contributed by atoms with Gasteiger partial charge in [-0.15, -0.1) is 0 Å². The average molecular weight is 332 g/mol. The third-order valence-electron chi connectivity index (χ3n) is 2.76. The minimum absolute atomic E-state index is 0.293. The summed E-state index contributed by atoms with van der Waals surface area (Å²) in [6.07, 6.45) is 0. The highest BCUT2D eigenvalue weighted by Crippen LogP contribution is 2.35. The van der Waals surface area contributed by atoms with E-state index in [1.54, 1.807) is 13.1 Å². The van der Waals surface area contributed by atoms with Gasteiger partial charge in [0.05, 0.1) is 5.02 Å². The van der Waals surface area contributed by atoms with Gasteiger partial charge in [-0.1, -0.05) is 34.8 Å². The standard InChI is InChI=1S/C14H13Cl3N2O/c1-7-4-9(5-8(2)12(7)17)20-14-11(16)6-10(15)13(18-3)19-14/h4-6H,1-3H3,(H,18,19). The summed E-state index contributed by atoms with van der Waals surface area (Å²) in [5, 5.41) is 4.39. The van der Waals surface area contributed by atoms with Crippen molar-refractivity contribution in [3.8, 4) is 11.6 Å². The Balaban J connectivity index is 2.39. The van der Waals surface area contributed by atoms with E-state index in [2.05, 4.69) is 10.3 Å². The molecule has 0 radical (unpaired) electrons. The lowest BCUT2D eigenvalue weighted by molar-refractivity contribution is 0.463. The number of anilines is 1. The van der Waals surface area contributed by atoms with E-state index < -0.39 is 0 Å². The molecule has 106 valence electrons. The largest absolute Gasteiger partial charge is 0.437 e. The second kappa shape index (κ2) is 6.08. The number of hydrogen-bond donors (Lipinski definition) is 1. The zero-order valence-electron chi connectivity index (χ0n) is 11.2. The zero-order chi connectivity index (χ0) is 14.9. The van der Waals surface area contributed by atoms with E-state index in [-0.39, 0.29) is 0 Å². The summed E-state index contributed by atoms with van der Waals surface area (Å²) in [4.78, 5) is 4.24. The summed E-state index contributed by atoms with van der Waals surface area (Å²) in [5.74, 6) is 1.43. The predicted molar refractivity (Wildman–Crippen MR) is 84.8 cm³/mol.